The van der Waals surface area contributed by atoms with Crippen molar-refractivity contribution in [2.24, 2.45) is 0 Å². The molecule has 0 aromatic rings. The molecule has 14 heavy (non-hydrogen) atoms. The molecule has 0 spiro atoms. The second-order valence-corrected chi connectivity index (χ2v) is 1.15. The van der Waals surface area contributed by atoms with Crippen LogP contribution in [0.5, 0.6) is 0 Å². The standard InChI is InChI=1S/4C2H5O.2Zr/c4*1-2-3;;/h4*2H2,1H3;;/q4*-1;2*+2. The average Bonchev–Trinajstić information content (AvgIpc) is 1.92. The summed E-state index contributed by atoms with van der Waals surface area (Å²) in [5.74, 6) is 0. The summed E-state index contributed by atoms with van der Waals surface area (Å²) < 4.78 is 0. The summed E-state index contributed by atoms with van der Waals surface area (Å²) in [6.07, 6.45) is 0. The molecule has 0 saturated heterocycles. The summed E-state index contributed by atoms with van der Waals surface area (Å²) in [6.45, 7) is 6.28. The van der Waals surface area contributed by atoms with E-state index in [2.05, 4.69) is 0 Å². The Kier molecular flexibility index (Phi) is 222. The normalized spacial score (nSPS) is 5.14. The summed E-state index contributed by atoms with van der Waals surface area (Å²) in [4.78, 5) is 0. The van der Waals surface area contributed by atoms with E-state index in [-0.39, 0.29) is 78.8 Å². The summed E-state index contributed by atoms with van der Waals surface area (Å²) >= 11 is 0. The first kappa shape index (κ1) is 36.1. The van der Waals surface area contributed by atoms with E-state index in [1.54, 1.807) is 27.7 Å². The maximum atomic E-state index is 8.93. The number of rotatable bonds is 0. The van der Waals surface area contributed by atoms with Crippen molar-refractivity contribution in [3.8, 4) is 0 Å². The average molecular weight is 363 g/mol. The maximum absolute atomic E-state index is 8.93. The minimum Gasteiger partial charge on any atom is -0.855 e. The van der Waals surface area contributed by atoms with Gasteiger partial charge < -0.3 is 20.4 Å². The van der Waals surface area contributed by atoms with E-state index >= 15 is 0 Å². The van der Waals surface area contributed by atoms with Gasteiger partial charge in [-0.3, -0.25) is 0 Å². The number of hydrogen-bond acceptors (Lipinski definition) is 4. The van der Waals surface area contributed by atoms with Crippen molar-refractivity contribution < 1.29 is 72.8 Å². The summed E-state index contributed by atoms with van der Waals surface area (Å²) in [5, 5.41) is 35.7. The summed E-state index contributed by atoms with van der Waals surface area (Å²) in [7, 11) is 0. The first-order valence-electron chi connectivity index (χ1n) is 3.98. The van der Waals surface area contributed by atoms with Gasteiger partial charge in [-0.05, 0) is 0 Å². The molecule has 4 nitrogen and oxygen atoms in total. The van der Waals surface area contributed by atoms with Crippen LogP contribution in [0.1, 0.15) is 27.7 Å². The molecule has 0 aliphatic carbocycles. The smallest absolute Gasteiger partial charge is 0.855 e. The van der Waals surface area contributed by atoms with Crippen LogP contribution in [0.15, 0.2) is 0 Å². The molecule has 0 rings (SSSR count). The minimum absolute atomic E-state index is 0. The van der Waals surface area contributed by atoms with Gasteiger partial charge in [-0.25, -0.2) is 0 Å². The fraction of sp³-hybridized carbons (Fsp3) is 1.00. The third-order valence-electron chi connectivity index (χ3n) is 0. The SMILES string of the molecule is CC[O-].CC[O-].CC[O-].CC[O-].[Zr+2].[Zr+2]. The van der Waals surface area contributed by atoms with Crippen molar-refractivity contribution in [3.05, 3.63) is 0 Å². The van der Waals surface area contributed by atoms with Gasteiger partial charge in [-0.15, -0.1) is 26.4 Å². The first-order chi connectivity index (χ1) is 5.66. The van der Waals surface area contributed by atoms with Crippen molar-refractivity contribution in [1.82, 2.24) is 0 Å². The first-order valence-corrected chi connectivity index (χ1v) is 3.98. The fourth-order valence-corrected chi connectivity index (χ4v) is 0. The predicted octanol–water partition coefficient (Wildman–Crippen LogP) is -2.54. The Morgan fingerprint density at radius 1 is 0.500 bits per heavy atom. The fourth-order valence-electron chi connectivity index (χ4n) is 0. The second-order valence-electron chi connectivity index (χ2n) is 1.15. The topological polar surface area (TPSA) is 92.2 Å². The number of hydrogen-bond donors (Lipinski definition) is 0. The Hall–Kier alpha value is 1.61. The molecule has 0 amide bonds. The molecule has 0 N–H and O–H groups in total. The molecule has 0 aliphatic heterocycles. The van der Waals surface area contributed by atoms with Gasteiger partial charge in [0, 0.05) is 0 Å². The van der Waals surface area contributed by atoms with Crippen LogP contribution in [0.3, 0.4) is 0 Å². The van der Waals surface area contributed by atoms with Crippen molar-refractivity contribution in [3.63, 3.8) is 0 Å². The van der Waals surface area contributed by atoms with E-state index < -0.39 is 0 Å². The van der Waals surface area contributed by atoms with Crippen molar-refractivity contribution in [1.29, 1.82) is 0 Å². The molecular weight excluding hydrogens is 343 g/mol. The van der Waals surface area contributed by atoms with Crippen LogP contribution in [-0.4, -0.2) is 26.4 Å². The molecule has 0 bridgehead atoms. The van der Waals surface area contributed by atoms with Gasteiger partial charge in [0.15, 0.2) is 0 Å². The molecule has 0 aliphatic rings. The Morgan fingerprint density at radius 2 is 0.500 bits per heavy atom. The van der Waals surface area contributed by atoms with Crippen LogP contribution in [0.4, 0.5) is 0 Å². The van der Waals surface area contributed by atoms with Crippen LogP contribution in [0.2, 0.25) is 0 Å². The van der Waals surface area contributed by atoms with Gasteiger partial charge in [0.2, 0.25) is 0 Å². The summed E-state index contributed by atoms with van der Waals surface area (Å²) in [6, 6.07) is 0. The van der Waals surface area contributed by atoms with Crippen molar-refractivity contribution >= 4 is 0 Å². The zero-order valence-corrected chi connectivity index (χ0v) is 14.4. The van der Waals surface area contributed by atoms with Gasteiger partial charge >= 0.3 is 52.4 Å². The monoisotopic (exact) mass is 360 g/mol. The van der Waals surface area contributed by atoms with Crippen LogP contribution < -0.4 is 20.4 Å². The van der Waals surface area contributed by atoms with E-state index in [0.29, 0.717) is 0 Å². The van der Waals surface area contributed by atoms with Crippen LogP contribution in [0.25, 0.3) is 0 Å². The molecule has 0 unspecified atom stereocenters. The van der Waals surface area contributed by atoms with Gasteiger partial charge in [0.1, 0.15) is 0 Å². The molecule has 84 valence electrons. The third kappa shape index (κ3) is 838. The molecule has 0 heterocycles. The zero-order valence-electron chi connectivity index (χ0n) is 9.46. The Labute approximate surface area is 126 Å². The summed E-state index contributed by atoms with van der Waals surface area (Å²) in [5.41, 5.74) is 0. The molecule has 0 atom stereocenters. The van der Waals surface area contributed by atoms with Gasteiger partial charge in [-0.2, -0.15) is 0 Å². The molecule has 6 heteroatoms. The Bertz CT molecular complexity index is 27.3. The second kappa shape index (κ2) is 86.0. The van der Waals surface area contributed by atoms with Crippen LogP contribution in [0, 0.1) is 0 Å². The molecular formula is C8H20O4Zr2. The quantitative estimate of drug-likeness (QED) is 0.475. The molecule has 0 radical (unpaired) electrons. The predicted molar refractivity (Wildman–Crippen MR) is 42.2 cm³/mol. The van der Waals surface area contributed by atoms with E-state index in [1.807, 2.05) is 0 Å². The molecule has 0 aromatic heterocycles. The minimum atomic E-state index is 0. The largest absolute Gasteiger partial charge is 2.00 e. The van der Waals surface area contributed by atoms with Crippen molar-refractivity contribution in [2.45, 2.75) is 27.7 Å². The van der Waals surface area contributed by atoms with Crippen molar-refractivity contribution in [2.75, 3.05) is 26.4 Å². The third-order valence-corrected chi connectivity index (χ3v) is 0. The van der Waals surface area contributed by atoms with E-state index in [1.165, 1.54) is 0 Å². The molecule has 0 fully saturated rings. The van der Waals surface area contributed by atoms with Gasteiger partial charge in [0.05, 0.1) is 0 Å². The molecule has 0 aromatic carbocycles. The van der Waals surface area contributed by atoms with Gasteiger partial charge in [-0.1, -0.05) is 27.7 Å². The molecule has 0 saturated carbocycles. The van der Waals surface area contributed by atoms with Crippen LogP contribution in [-0.2, 0) is 52.4 Å². The van der Waals surface area contributed by atoms with Crippen LogP contribution >= 0.6 is 0 Å². The Balaban J connectivity index is -0.0000000145. The van der Waals surface area contributed by atoms with Gasteiger partial charge in [0.25, 0.3) is 0 Å². The maximum Gasteiger partial charge on any atom is 2.00 e. The van der Waals surface area contributed by atoms with E-state index in [9.17, 15) is 0 Å². The zero-order chi connectivity index (χ0) is 10.8. The van der Waals surface area contributed by atoms with E-state index in [0.717, 1.165) is 0 Å². The Morgan fingerprint density at radius 3 is 0.500 bits per heavy atom. The van der Waals surface area contributed by atoms with E-state index in [4.69, 9.17) is 20.4 Å².